The Morgan fingerprint density at radius 3 is 1.92 bits per heavy atom. The van der Waals surface area contributed by atoms with E-state index in [-0.39, 0.29) is 0 Å². The number of hydrogen-bond donors (Lipinski definition) is 1. The van der Waals surface area contributed by atoms with E-state index in [0.717, 1.165) is 55.4 Å². The number of nitrogens with zero attached hydrogens (tertiary/aromatic N) is 3. The van der Waals surface area contributed by atoms with Crippen LogP contribution in [0.2, 0.25) is 0 Å². The van der Waals surface area contributed by atoms with Crippen LogP contribution >= 0.6 is 0 Å². The maximum Gasteiger partial charge on any atom is 0.222 e. The number of carbonyl (C=O) groups is 2. The number of aryl methyl sites for hydroxylation is 3. The van der Waals surface area contributed by atoms with Crippen LogP contribution in [0.1, 0.15) is 62.5 Å². The van der Waals surface area contributed by atoms with Gasteiger partial charge in [-0.3, -0.25) is 4.79 Å². The first-order valence-electron chi connectivity index (χ1n) is 13.3. The summed E-state index contributed by atoms with van der Waals surface area (Å²) in [4.78, 5) is 22.7. The van der Waals surface area contributed by atoms with Gasteiger partial charge in [-0.15, -0.1) is 0 Å². The molecule has 1 amide bonds. The third-order valence-electron chi connectivity index (χ3n) is 5.58. The van der Waals surface area contributed by atoms with Crippen LogP contribution < -0.4 is 0 Å². The van der Waals surface area contributed by atoms with Gasteiger partial charge in [-0.05, 0) is 71.2 Å². The van der Waals surface area contributed by atoms with Gasteiger partial charge in [0.1, 0.15) is 6.29 Å². The van der Waals surface area contributed by atoms with Crippen LogP contribution in [0.15, 0.2) is 79.4 Å². The van der Waals surface area contributed by atoms with Gasteiger partial charge in [-0.2, -0.15) is 5.10 Å². The zero-order chi connectivity index (χ0) is 29.6. The predicted octanol–water partition coefficient (Wildman–Crippen LogP) is 6.77. The van der Waals surface area contributed by atoms with E-state index < -0.39 is 0 Å². The molecule has 0 bridgehead atoms. The van der Waals surface area contributed by atoms with Crippen LogP contribution in [0.5, 0.6) is 0 Å². The summed E-state index contributed by atoms with van der Waals surface area (Å²) in [6.45, 7) is 15.1. The lowest BCUT2D eigenvalue weighted by Crippen LogP contribution is -2.17. The number of benzene rings is 2. The average Bonchev–Trinajstić information content (AvgIpc) is 3.56. The highest BCUT2D eigenvalue weighted by atomic mass is 16.2. The van der Waals surface area contributed by atoms with Crippen LogP contribution in [0, 0.1) is 13.8 Å². The lowest BCUT2D eigenvalue weighted by Gasteiger charge is -2.07. The van der Waals surface area contributed by atoms with E-state index in [4.69, 9.17) is 5.11 Å². The number of allylic oxidation sites excluding steroid dienone is 3. The maximum atomic E-state index is 10.5. The number of amides is 1. The third kappa shape index (κ3) is 14.7. The minimum atomic E-state index is 0.292. The Kier molecular flexibility index (Phi) is 19.1. The normalized spacial score (nSPS) is 11.6. The van der Waals surface area contributed by atoms with Crippen LogP contribution in [-0.2, 0) is 16.0 Å². The molecule has 6 nitrogen and oxygen atoms in total. The van der Waals surface area contributed by atoms with Gasteiger partial charge in [-0.1, -0.05) is 72.3 Å². The number of hydrogen-bond acceptors (Lipinski definition) is 4. The third-order valence-corrected chi connectivity index (χ3v) is 5.58. The first kappa shape index (κ1) is 35.2. The molecule has 2 aromatic carbocycles. The second-order valence-corrected chi connectivity index (χ2v) is 8.99. The Labute approximate surface area is 235 Å². The molecule has 0 spiro atoms. The minimum absolute atomic E-state index is 0.292. The molecular formula is C33H47N3O3. The Morgan fingerprint density at radius 2 is 1.56 bits per heavy atom. The highest BCUT2D eigenvalue weighted by Gasteiger charge is 2.14. The van der Waals surface area contributed by atoms with Crippen molar-refractivity contribution in [2.75, 3.05) is 20.7 Å². The van der Waals surface area contributed by atoms with E-state index in [1.165, 1.54) is 11.1 Å². The Morgan fingerprint density at radius 1 is 1.00 bits per heavy atom. The summed E-state index contributed by atoms with van der Waals surface area (Å²) >= 11 is 0. The molecule has 1 aliphatic heterocycles. The molecule has 2 heterocycles. The van der Waals surface area contributed by atoms with Crippen LogP contribution in [0.4, 0.5) is 0 Å². The van der Waals surface area contributed by atoms with Crippen LogP contribution in [-0.4, -0.2) is 52.7 Å². The van der Waals surface area contributed by atoms with Gasteiger partial charge in [-0.25, -0.2) is 4.68 Å². The molecule has 0 aliphatic carbocycles. The molecule has 0 unspecified atom stereocenters. The van der Waals surface area contributed by atoms with Gasteiger partial charge in [0.25, 0.3) is 0 Å². The van der Waals surface area contributed by atoms with Gasteiger partial charge in [0.05, 0.1) is 17.1 Å². The summed E-state index contributed by atoms with van der Waals surface area (Å²) in [7, 11) is 2.84. The number of aliphatic hydroxyl groups excluding tert-OH is 1. The van der Waals surface area contributed by atoms with Crippen molar-refractivity contribution in [2.45, 2.75) is 60.3 Å². The Balaban J connectivity index is 0.000000589. The van der Waals surface area contributed by atoms with Gasteiger partial charge in [0.15, 0.2) is 0 Å². The van der Waals surface area contributed by atoms with Crippen LogP contribution in [0.25, 0.3) is 11.3 Å². The summed E-state index contributed by atoms with van der Waals surface area (Å²) in [6.07, 6.45) is 7.90. The predicted molar refractivity (Wildman–Crippen MR) is 164 cm³/mol. The minimum Gasteiger partial charge on any atom is -0.400 e. The number of likely N-dealkylation sites (tertiary alicyclic amines) is 1. The highest BCUT2D eigenvalue weighted by Crippen LogP contribution is 2.19. The highest BCUT2D eigenvalue weighted by molar-refractivity contribution is 5.77. The van der Waals surface area contributed by atoms with Crippen molar-refractivity contribution in [3.05, 3.63) is 102 Å². The Bertz CT molecular complexity index is 1110. The molecule has 0 saturated carbocycles. The van der Waals surface area contributed by atoms with Crippen molar-refractivity contribution in [3.63, 3.8) is 0 Å². The van der Waals surface area contributed by atoms with Crippen LogP contribution in [0.3, 0.4) is 0 Å². The van der Waals surface area contributed by atoms with E-state index in [0.29, 0.717) is 18.7 Å². The summed E-state index contributed by atoms with van der Waals surface area (Å²) in [6, 6.07) is 20.5. The maximum absolute atomic E-state index is 10.5. The fraction of sp³-hybridized carbons (Fsp3) is 0.364. The van der Waals surface area contributed by atoms with E-state index in [9.17, 15) is 9.59 Å². The molecule has 3 aromatic rings. The second-order valence-electron chi connectivity index (χ2n) is 8.99. The topological polar surface area (TPSA) is 75.4 Å². The SMILES string of the molecule is C/C=C\C.C=C(C)c1cc(CCC=O)nn1-c1ccc(C)cc1.CN1CCCC1=O.CO.Cc1ccccc1. The van der Waals surface area contributed by atoms with Gasteiger partial charge in [0, 0.05) is 33.5 Å². The number of aliphatic hydroxyl groups is 1. The quantitative estimate of drug-likeness (QED) is 0.290. The molecule has 1 aliphatic rings. The number of rotatable bonds is 5. The van der Waals surface area contributed by atoms with Crippen molar-refractivity contribution in [1.29, 1.82) is 0 Å². The fourth-order valence-electron chi connectivity index (χ4n) is 3.26. The van der Waals surface area contributed by atoms with Crippen molar-refractivity contribution < 1.29 is 14.7 Å². The molecule has 212 valence electrons. The van der Waals surface area contributed by atoms with Crippen molar-refractivity contribution in [3.8, 4) is 5.69 Å². The van der Waals surface area contributed by atoms with Crippen molar-refractivity contribution in [2.24, 2.45) is 0 Å². The molecule has 1 saturated heterocycles. The smallest absolute Gasteiger partial charge is 0.222 e. The number of carbonyl (C=O) groups excluding carboxylic acids is 2. The lowest BCUT2D eigenvalue weighted by atomic mass is 10.2. The molecule has 39 heavy (non-hydrogen) atoms. The molecule has 0 atom stereocenters. The van der Waals surface area contributed by atoms with E-state index in [1.807, 2.05) is 81.1 Å². The van der Waals surface area contributed by atoms with E-state index >= 15 is 0 Å². The van der Waals surface area contributed by atoms with Gasteiger partial charge < -0.3 is 14.8 Å². The summed E-state index contributed by atoms with van der Waals surface area (Å²) in [5, 5.41) is 11.6. The summed E-state index contributed by atoms with van der Waals surface area (Å²) in [5.41, 5.74) is 6.43. The standard InChI is InChI=1S/C16H18N2O.C7H8.C5H9NO.C4H8.CH4O/c1-12(2)16-11-14(5-4-10-19)17-18(16)15-8-6-13(3)7-9-15;1-7-5-3-2-4-6-7;1-6-4-2-3-5(6)7;1-3-4-2;1-2/h6-11H,1,4-5H2,2-3H3;2-6H,1H3;2-4H2,1H3;3-4H,1-2H3;2H,1H3/b;;;4-3-;. The summed E-state index contributed by atoms with van der Waals surface area (Å²) < 4.78 is 1.89. The zero-order valence-electron chi connectivity index (χ0n) is 24.9. The molecular weight excluding hydrogens is 486 g/mol. The largest absolute Gasteiger partial charge is 0.400 e. The molecule has 6 heteroatoms. The first-order valence-corrected chi connectivity index (χ1v) is 13.3. The zero-order valence-corrected chi connectivity index (χ0v) is 24.9. The average molecular weight is 534 g/mol. The fourth-order valence-corrected chi connectivity index (χ4v) is 3.26. The number of aromatic nitrogens is 2. The first-order chi connectivity index (χ1) is 18.7. The van der Waals surface area contributed by atoms with Crippen molar-refractivity contribution >= 4 is 17.8 Å². The van der Waals surface area contributed by atoms with Gasteiger partial charge in [0.2, 0.25) is 5.91 Å². The lowest BCUT2D eigenvalue weighted by molar-refractivity contribution is -0.126. The monoisotopic (exact) mass is 533 g/mol. The molecule has 4 rings (SSSR count). The summed E-state index contributed by atoms with van der Waals surface area (Å²) in [5.74, 6) is 0.292. The Hall–Kier alpha value is -3.77. The molecule has 0 radical (unpaired) electrons. The second kappa shape index (κ2) is 21.2. The van der Waals surface area contributed by atoms with E-state index in [2.05, 4.69) is 49.8 Å². The molecule has 1 fully saturated rings. The van der Waals surface area contributed by atoms with E-state index in [1.54, 1.807) is 4.90 Å². The molecule has 1 N–H and O–H groups in total. The van der Waals surface area contributed by atoms with Gasteiger partial charge >= 0.3 is 0 Å². The van der Waals surface area contributed by atoms with Crippen molar-refractivity contribution in [1.82, 2.24) is 14.7 Å². The molecule has 1 aromatic heterocycles. The number of aldehydes is 1.